The molecule has 2 rings (SSSR count). The first-order valence-electron chi connectivity index (χ1n) is 7.48. The van der Waals surface area contributed by atoms with Crippen molar-refractivity contribution in [3.05, 3.63) is 18.3 Å². The van der Waals surface area contributed by atoms with Crippen molar-refractivity contribution in [2.75, 3.05) is 44.2 Å². The number of hydrogen-bond acceptors (Lipinski definition) is 5. The number of nitrogens with two attached hydrogens (primary N) is 1. The van der Waals surface area contributed by atoms with Gasteiger partial charge in [0.15, 0.2) is 0 Å². The topological polar surface area (TPSA) is 54.6 Å². The first-order valence-corrected chi connectivity index (χ1v) is 7.48. The third-order valence-electron chi connectivity index (χ3n) is 3.71. The van der Waals surface area contributed by atoms with Crippen molar-refractivity contribution in [1.29, 1.82) is 0 Å². The van der Waals surface area contributed by atoms with Gasteiger partial charge in [-0.2, -0.15) is 0 Å². The monoisotopic (exact) mass is 278 g/mol. The van der Waals surface area contributed by atoms with Crippen LogP contribution in [0.4, 0.5) is 5.82 Å². The Morgan fingerprint density at radius 1 is 1.25 bits per heavy atom. The number of rotatable bonds is 6. The van der Waals surface area contributed by atoms with E-state index in [1.807, 2.05) is 12.1 Å². The van der Waals surface area contributed by atoms with Crippen molar-refractivity contribution < 1.29 is 4.74 Å². The van der Waals surface area contributed by atoms with E-state index >= 15 is 0 Å². The van der Waals surface area contributed by atoms with Crippen molar-refractivity contribution in [3.63, 3.8) is 0 Å². The maximum absolute atomic E-state index is 5.57. The summed E-state index contributed by atoms with van der Waals surface area (Å²) in [5.41, 5.74) is 5.44. The van der Waals surface area contributed by atoms with E-state index in [1.54, 1.807) is 6.20 Å². The second-order valence-electron chi connectivity index (χ2n) is 5.46. The fourth-order valence-corrected chi connectivity index (χ4v) is 2.39. The van der Waals surface area contributed by atoms with Crippen LogP contribution < -0.4 is 15.4 Å². The third kappa shape index (κ3) is 4.08. The molecule has 1 aromatic rings. The molecular formula is C15H26N4O. The molecule has 0 radical (unpaired) electrons. The molecular weight excluding hydrogens is 252 g/mol. The minimum Gasteiger partial charge on any atom is -0.492 e. The molecule has 5 heteroatoms. The molecule has 0 aliphatic carbocycles. The van der Waals surface area contributed by atoms with E-state index < -0.39 is 0 Å². The van der Waals surface area contributed by atoms with Crippen LogP contribution in [-0.2, 0) is 0 Å². The Morgan fingerprint density at radius 3 is 2.55 bits per heavy atom. The Bertz CT molecular complexity index is 385. The highest BCUT2D eigenvalue weighted by Gasteiger charge is 2.19. The summed E-state index contributed by atoms with van der Waals surface area (Å²) in [6.45, 7) is 10.1. The first kappa shape index (κ1) is 15.1. The summed E-state index contributed by atoms with van der Waals surface area (Å²) in [5.74, 6) is 1.86. The molecule has 0 amide bonds. The number of aromatic nitrogens is 1. The molecule has 20 heavy (non-hydrogen) atoms. The summed E-state index contributed by atoms with van der Waals surface area (Å²) >= 11 is 0. The molecule has 0 bridgehead atoms. The van der Waals surface area contributed by atoms with Crippen molar-refractivity contribution in [3.8, 4) is 5.75 Å². The number of ether oxygens (including phenoxy) is 1. The summed E-state index contributed by atoms with van der Waals surface area (Å²) in [6.07, 6.45) is 2.68. The highest BCUT2D eigenvalue weighted by Crippen LogP contribution is 2.18. The molecule has 5 nitrogen and oxygen atoms in total. The molecule has 1 fully saturated rings. The SMILES string of the molecule is CC(C)N1CCN(c2ccc(OCCCN)cn2)CC1. The molecule has 2 N–H and O–H groups in total. The fraction of sp³-hybridized carbons (Fsp3) is 0.667. The minimum absolute atomic E-state index is 0.628. The Hall–Kier alpha value is -1.33. The van der Waals surface area contributed by atoms with E-state index in [1.165, 1.54) is 0 Å². The second kappa shape index (κ2) is 7.45. The van der Waals surface area contributed by atoms with E-state index in [2.05, 4.69) is 28.6 Å². The summed E-state index contributed by atoms with van der Waals surface area (Å²) in [5, 5.41) is 0. The highest BCUT2D eigenvalue weighted by atomic mass is 16.5. The molecule has 1 aromatic heterocycles. The summed E-state index contributed by atoms with van der Waals surface area (Å²) in [7, 11) is 0. The van der Waals surface area contributed by atoms with Crippen molar-refractivity contribution in [1.82, 2.24) is 9.88 Å². The molecule has 0 aromatic carbocycles. The van der Waals surface area contributed by atoms with E-state index in [9.17, 15) is 0 Å². The Balaban J connectivity index is 1.84. The van der Waals surface area contributed by atoms with Gasteiger partial charge in [0.05, 0.1) is 12.8 Å². The molecule has 0 unspecified atom stereocenters. The number of hydrogen-bond donors (Lipinski definition) is 1. The van der Waals surface area contributed by atoms with E-state index in [0.29, 0.717) is 19.2 Å². The zero-order valence-electron chi connectivity index (χ0n) is 12.6. The van der Waals surface area contributed by atoms with E-state index in [4.69, 9.17) is 10.5 Å². The van der Waals surface area contributed by atoms with Gasteiger partial charge in [-0.1, -0.05) is 0 Å². The smallest absolute Gasteiger partial charge is 0.137 e. The van der Waals surface area contributed by atoms with Crippen LogP contribution in [0.2, 0.25) is 0 Å². The van der Waals surface area contributed by atoms with Gasteiger partial charge in [0.1, 0.15) is 11.6 Å². The first-order chi connectivity index (χ1) is 9.70. The highest BCUT2D eigenvalue weighted by molar-refractivity contribution is 5.41. The fourth-order valence-electron chi connectivity index (χ4n) is 2.39. The summed E-state index contributed by atoms with van der Waals surface area (Å²) < 4.78 is 5.57. The summed E-state index contributed by atoms with van der Waals surface area (Å²) in [4.78, 5) is 9.34. The lowest BCUT2D eigenvalue weighted by Crippen LogP contribution is -2.49. The van der Waals surface area contributed by atoms with Crippen LogP contribution in [0.5, 0.6) is 5.75 Å². The van der Waals surface area contributed by atoms with Gasteiger partial charge >= 0.3 is 0 Å². The van der Waals surface area contributed by atoms with Crippen LogP contribution in [0.1, 0.15) is 20.3 Å². The van der Waals surface area contributed by atoms with E-state index in [-0.39, 0.29) is 0 Å². The maximum atomic E-state index is 5.57. The lowest BCUT2D eigenvalue weighted by Gasteiger charge is -2.37. The number of nitrogens with zero attached hydrogens (tertiary/aromatic N) is 3. The van der Waals surface area contributed by atoms with Crippen LogP contribution in [0.15, 0.2) is 18.3 Å². The third-order valence-corrected chi connectivity index (χ3v) is 3.71. The van der Waals surface area contributed by atoms with Crippen molar-refractivity contribution in [2.45, 2.75) is 26.3 Å². The molecule has 1 aliphatic rings. The summed E-state index contributed by atoms with van der Waals surface area (Å²) in [6, 6.07) is 4.67. The average molecular weight is 278 g/mol. The van der Waals surface area contributed by atoms with Crippen molar-refractivity contribution in [2.24, 2.45) is 5.73 Å². The molecule has 112 valence electrons. The molecule has 0 saturated carbocycles. The Morgan fingerprint density at radius 2 is 2.00 bits per heavy atom. The normalized spacial score (nSPS) is 16.7. The minimum atomic E-state index is 0.628. The lowest BCUT2D eigenvalue weighted by atomic mass is 10.2. The zero-order valence-corrected chi connectivity index (χ0v) is 12.6. The quantitative estimate of drug-likeness (QED) is 0.796. The Kier molecular flexibility index (Phi) is 5.61. The largest absolute Gasteiger partial charge is 0.492 e. The second-order valence-corrected chi connectivity index (χ2v) is 5.46. The lowest BCUT2D eigenvalue weighted by molar-refractivity contribution is 0.209. The van der Waals surface area contributed by atoms with Gasteiger partial charge < -0.3 is 15.4 Å². The van der Waals surface area contributed by atoms with Crippen LogP contribution in [-0.4, -0.2) is 55.3 Å². The molecule has 2 heterocycles. The van der Waals surface area contributed by atoms with Gasteiger partial charge in [-0.25, -0.2) is 4.98 Å². The van der Waals surface area contributed by atoms with Crippen LogP contribution >= 0.6 is 0 Å². The number of anilines is 1. The number of piperazine rings is 1. The molecule has 0 spiro atoms. The van der Waals surface area contributed by atoms with Crippen molar-refractivity contribution >= 4 is 5.82 Å². The average Bonchev–Trinajstić information content (AvgIpc) is 2.48. The predicted molar refractivity (Wildman–Crippen MR) is 82.3 cm³/mol. The van der Waals surface area contributed by atoms with Gasteiger partial charge in [-0.05, 0) is 38.9 Å². The van der Waals surface area contributed by atoms with E-state index in [0.717, 1.165) is 44.2 Å². The standard InChI is InChI=1S/C15H26N4O/c1-13(2)18-7-9-19(10-8-18)15-5-4-14(12-17-15)20-11-3-6-16/h4-5,12-13H,3,6-11,16H2,1-2H3. The van der Waals surface area contributed by atoms with Crippen LogP contribution in [0.3, 0.4) is 0 Å². The zero-order chi connectivity index (χ0) is 14.4. The van der Waals surface area contributed by atoms with Gasteiger partial charge in [-0.3, -0.25) is 4.90 Å². The van der Waals surface area contributed by atoms with Gasteiger partial charge in [-0.15, -0.1) is 0 Å². The number of pyridine rings is 1. The van der Waals surface area contributed by atoms with Gasteiger partial charge in [0.25, 0.3) is 0 Å². The molecule has 0 atom stereocenters. The van der Waals surface area contributed by atoms with Crippen LogP contribution in [0, 0.1) is 0 Å². The maximum Gasteiger partial charge on any atom is 0.137 e. The molecule has 1 aliphatic heterocycles. The van der Waals surface area contributed by atoms with Gasteiger partial charge in [0, 0.05) is 32.2 Å². The predicted octanol–water partition coefficient (Wildman–Crippen LogP) is 1.34. The Labute approximate surface area is 121 Å². The van der Waals surface area contributed by atoms with Crippen LogP contribution in [0.25, 0.3) is 0 Å². The van der Waals surface area contributed by atoms with Gasteiger partial charge in [0.2, 0.25) is 0 Å². The molecule has 1 saturated heterocycles.